The Morgan fingerprint density at radius 2 is 2.06 bits per heavy atom. The summed E-state index contributed by atoms with van der Waals surface area (Å²) in [6.45, 7) is 6.59. The van der Waals surface area contributed by atoms with Crippen molar-refractivity contribution in [1.82, 2.24) is 4.31 Å². The lowest BCUT2D eigenvalue weighted by molar-refractivity contribution is 0.417. The summed E-state index contributed by atoms with van der Waals surface area (Å²) in [6.07, 6.45) is 0. The van der Waals surface area contributed by atoms with Crippen molar-refractivity contribution in [3.63, 3.8) is 0 Å². The Balaban J connectivity index is 3.17. The summed E-state index contributed by atoms with van der Waals surface area (Å²) in [6, 6.07) is 0. The Labute approximate surface area is 107 Å². The van der Waals surface area contributed by atoms with Gasteiger partial charge in [0.15, 0.2) is 0 Å². The van der Waals surface area contributed by atoms with Crippen molar-refractivity contribution in [3.8, 4) is 0 Å². The third-order valence-corrected chi connectivity index (χ3v) is 5.78. The first kappa shape index (κ1) is 14.6. The van der Waals surface area contributed by atoms with Crippen LogP contribution in [0.25, 0.3) is 0 Å². The number of nitrogens with zero attached hydrogens (tertiary/aromatic N) is 1. The van der Waals surface area contributed by atoms with Gasteiger partial charge in [-0.1, -0.05) is 13.8 Å². The zero-order valence-corrected chi connectivity index (χ0v) is 12.4. The van der Waals surface area contributed by atoms with Gasteiger partial charge in [0.25, 0.3) is 0 Å². The lowest BCUT2D eigenvalue weighted by Gasteiger charge is -2.20. The molecular weight excluding hydrogens is 256 g/mol. The van der Waals surface area contributed by atoms with Crippen LogP contribution in [0.5, 0.6) is 0 Å². The number of rotatable bonds is 5. The number of sulfonamides is 1. The molecule has 0 radical (unpaired) electrons. The van der Waals surface area contributed by atoms with Crippen molar-refractivity contribution in [2.24, 2.45) is 11.7 Å². The van der Waals surface area contributed by atoms with E-state index in [0.717, 1.165) is 10.4 Å². The minimum absolute atomic E-state index is 0.266. The molecule has 0 bridgehead atoms. The van der Waals surface area contributed by atoms with Gasteiger partial charge in [-0.15, -0.1) is 11.3 Å². The lowest BCUT2D eigenvalue weighted by Crippen LogP contribution is -2.31. The molecule has 1 aromatic heterocycles. The molecular formula is C11H20N2O2S2. The molecule has 1 heterocycles. The summed E-state index contributed by atoms with van der Waals surface area (Å²) < 4.78 is 26.2. The molecule has 0 aliphatic heterocycles. The van der Waals surface area contributed by atoms with Crippen LogP contribution in [0.4, 0.5) is 0 Å². The Morgan fingerprint density at radius 1 is 1.47 bits per heavy atom. The average molecular weight is 276 g/mol. The van der Waals surface area contributed by atoms with Crippen LogP contribution >= 0.6 is 11.3 Å². The molecule has 0 amide bonds. The predicted molar refractivity (Wildman–Crippen MR) is 71.6 cm³/mol. The molecule has 17 heavy (non-hydrogen) atoms. The van der Waals surface area contributed by atoms with Crippen molar-refractivity contribution >= 4 is 21.4 Å². The molecule has 0 aromatic carbocycles. The maximum Gasteiger partial charge on any atom is 0.244 e. The van der Waals surface area contributed by atoms with Crippen LogP contribution in [0.3, 0.4) is 0 Å². The van der Waals surface area contributed by atoms with Gasteiger partial charge in [0, 0.05) is 25.0 Å². The third kappa shape index (κ3) is 3.07. The Morgan fingerprint density at radius 3 is 2.53 bits per heavy atom. The number of nitrogens with two attached hydrogens (primary N) is 1. The largest absolute Gasteiger partial charge is 0.326 e. The van der Waals surface area contributed by atoms with E-state index in [1.54, 1.807) is 7.05 Å². The van der Waals surface area contributed by atoms with E-state index in [4.69, 9.17) is 5.73 Å². The highest BCUT2D eigenvalue weighted by atomic mass is 32.2. The second-order valence-corrected chi connectivity index (χ2v) is 7.50. The van der Waals surface area contributed by atoms with Gasteiger partial charge in [-0.2, -0.15) is 0 Å². The molecule has 0 saturated carbocycles. The fourth-order valence-electron chi connectivity index (χ4n) is 1.74. The average Bonchev–Trinajstić information content (AvgIpc) is 2.58. The van der Waals surface area contributed by atoms with E-state index in [9.17, 15) is 8.42 Å². The molecule has 2 N–H and O–H groups in total. The maximum atomic E-state index is 12.4. The van der Waals surface area contributed by atoms with Gasteiger partial charge in [-0.05, 0) is 23.8 Å². The highest BCUT2D eigenvalue weighted by molar-refractivity contribution is 7.89. The molecule has 0 aliphatic carbocycles. The summed E-state index contributed by atoms with van der Waals surface area (Å²) in [7, 11) is -1.78. The molecule has 6 heteroatoms. The quantitative estimate of drug-likeness (QED) is 0.892. The van der Waals surface area contributed by atoms with Crippen molar-refractivity contribution in [3.05, 3.63) is 15.8 Å². The first-order valence-corrected chi connectivity index (χ1v) is 7.86. The van der Waals surface area contributed by atoms with Gasteiger partial charge in [0.1, 0.15) is 4.90 Å². The Bertz CT molecular complexity index is 478. The topological polar surface area (TPSA) is 63.4 Å². The SMILES string of the molecule is Cc1csc(CN)c1S(=O)(=O)N(C)CC(C)C. The summed E-state index contributed by atoms with van der Waals surface area (Å²) in [5.74, 6) is 0.301. The van der Waals surface area contributed by atoms with Gasteiger partial charge in [-0.3, -0.25) is 0 Å². The fourth-order valence-corrected chi connectivity index (χ4v) is 4.72. The van der Waals surface area contributed by atoms with Crippen molar-refractivity contribution < 1.29 is 8.42 Å². The van der Waals surface area contributed by atoms with Crippen LogP contribution in [0.1, 0.15) is 24.3 Å². The standard InChI is InChI=1S/C11H20N2O2S2/c1-8(2)6-13(4)17(14,15)11-9(3)7-16-10(11)5-12/h7-8H,5-6,12H2,1-4H3. The van der Waals surface area contributed by atoms with Gasteiger partial charge < -0.3 is 5.73 Å². The molecule has 4 nitrogen and oxygen atoms in total. The number of hydrogen-bond donors (Lipinski definition) is 1. The first-order valence-electron chi connectivity index (χ1n) is 5.54. The van der Waals surface area contributed by atoms with Crippen LogP contribution in [0.2, 0.25) is 0 Å². The minimum Gasteiger partial charge on any atom is -0.326 e. The van der Waals surface area contributed by atoms with Crippen LogP contribution in [0.15, 0.2) is 10.3 Å². The first-order chi connectivity index (χ1) is 7.80. The van der Waals surface area contributed by atoms with Crippen LogP contribution in [-0.4, -0.2) is 26.3 Å². The molecule has 98 valence electrons. The highest BCUT2D eigenvalue weighted by Gasteiger charge is 2.27. The number of thiophene rings is 1. The molecule has 0 unspecified atom stereocenters. The Hall–Kier alpha value is -0.430. The highest BCUT2D eigenvalue weighted by Crippen LogP contribution is 2.28. The fraction of sp³-hybridized carbons (Fsp3) is 0.636. The van der Waals surface area contributed by atoms with E-state index in [0.29, 0.717) is 17.4 Å². The van der Waals surface area contributed by atoms with Crippen molar-refractivity contribution in [2.75, 3.05) is 13.6 Å². The lowest BCUT2D eigenvalue weighted by atomic mass is 10.2. The zero-order chi connectivity index (χ0) is 13.2. The number of hydrogen-bond acceptors (Lipinski definition) is 4. The summed E-state index contributed by atoms with van der Waals surface area (Å²) in [4.78, 5) is 1.13. The third-order valence-electron chi connectivity index (χ3n) is 2.47. The van der Waals surface area contributed by atoms with Gasteiger partial charge >= 0.3 is 0 Å². The molecule has 0 saturated heterocycles. The molecule has 1 aromatic rings. The van der Waals surface area contributed by atoms with E-state index in [1.807, 2.05) is 26.2 Å². The molecule has 0 fully saturated rings. The summed E-state index contributed by atoms with van der Waals surface area (Å²) >= 11 is 1.41. The van der Waals surface area contributed by atoms with E-state index >= 15 is 0 Å². The normalized spacial score (nSPS) is 12.6. The predicted octanol–water partition coefficient (Wildman–Crippen LogP) is 1.79. The van der Waals surface area contributed by atoms with Crippen molar-refractivity contribution in [2.45, 2.75) is 32.2 Å². The van der Waals surface area contributed by atoms with E-state index in [1.165, 1.54) is 15.6 Å². The van der Waals surface area contributed by atoms with Crippen LogP contribution in [-0.2, 0) is 16.6 Å². The smallest absolute Gasteiger partial charge is 0.244 e. The van der Waals surface area contributed by atoms with Crippen molar-refractivity contribution in [1.29, 1.82) is 0 Å². The summed E-state index contributed by atoms with van der Waals surface area (Å²) in [5, 5.41) is 1.85. The molecule has 1 rings (SSSR count). The minimum atomic E-state index is -3.40. The number of aryl methyl sites for hydroxylation is 1. The van der Waals surface area contributed by atoms with E-state index < -0.39 is 10.0 Å². The Kier molecular flexibility index (Phi) is 4.71. The zero-order valence-electron chi connectivity index (χ0n) is 10.7. The van der Waals surface area contributed by atoms with Gasteiger partial charge in [0.2, 0.25) is 10.0 Å². The molecule has 0 aliphatic rings. The van der Waals surface area contributed by atoms with E-state index in [-0.39, 0.29) is 6.54 Å². The van der Waals surface area contributed by atoms with E-state index in [2.05, 4.69) is 0 Å². The molecule has 0 atom stereocenters. The van der Waals surface area contributed by atoms with Gasteiger partial charge in [-0.25, -0.2) is 12.7 Å². The maximum absolute atomic E-state index is 12.4. The monoisotopic (exact) mass is 276 g/mol. The second kappa shape index (κ2) is 5.48. The summed E-state index contributed by atoms with van der Waals surface area (Å²) in [5.41, 5.74) is 6.37. The van der Waals surface area contributed by atoms with Crippen LogP contribution in [0, 0.1) is 12.8 Å². The van der Waals surface area contributed by atoms with Gasteiger partial charge in [0.05, 0.1) is 0 Å². The van der Waals surface area contributed by atoms with Crippen LogP contribution < -0.4 is 5.73 Å². The molecule has 0 spiro atoms. The second-order valence-electron chi connectivity index (χ2n) is 4.55.